The number of anilines is 1. The predicted octanol–water partition coefficient (Wildman–Crippen LogP) is 3.03. The second kappa shape index (κ2) is 9.26. The van der Waals surface area contributed by atoms with E-state index in [-0.39, 0.29) is 5.82 Å². The quantitative estimate of drug-likeness (QED) is 0.606. The van der Waals surface area contributed by atoms with Gasteiger partial charge in [0.2, 0.25) is 0 Å². The van der Waals surface area contributed by atoms with E-state index in [1.54, 1.807) is 20.2 Å². The van der Waals surface area contributed by atoms with Crippen LogP contribution in [0.25, 0.3) is 0 Å². The number of benzene rings is 2. The Labute approximate surface area is 160 Å². The van der Waals surface area contributed by atoms with Crippen molar-refractivity contribution < 1.29 is 9.13 Å². The highest BCUT2D eigenvalue weighted by Gasteiger charge is 2.23. The van der Waals surface area contributed by atoms with Gasteiger partial charge in [-0.2, -0.15) is 0 Å². The third-order valence-corrected chi connectivity index (χ3v) is 4.84. The summed E-state index contributed by atoms with van der Waals surface area (Å²) < 4.78 is 18.6. The van der Waals surface area contributed by atoms with Crippen LogP contribution in [0, 0.1) is 11.7 Å². The third-order valence-electron chi connectivity index (χ3n) is 4.84. The number of ether oxygens (including phenoxy) is 1. The van der Waals surface area contributed by atoms with Crippen LogP contribution in [0.2, 0.25) is 0 Å². The van der Waals surface area contributed by atoms with E-state index in [2.05, 4.69) is 32.7 Å². The fraction of sp³-hybridized carbons (Fsp3) is 0.381. The molecule has 5 nitrogen and oxygen atoms in total. The molecule has 1 aliphatic heterocycles. The lowest BCUT2D eigenvalue weighted by atomic mass is 10.1. The van der Waals surface area contributed by atoms with Crippen molar-refractivity contribution in [2.24, 2.45) is 10.9 Å². The lowest BCUT2D eigenvalue weighted by Gasteiger charge is -2.20. The molecule has 0 aliphatic carbocycles. The number of nitrogens with zero attached hydrogens (tertiary/aromatic N) is 2. The second-order valence-corrected chi connectivity index (χ2v) is 6.74. The largest absolute Gasteiger partial charge is 0.497 e. The van der Waals surface area contributed by atoms with Gasteiger partial charge in [0.1, 0.15) is 11.6 Å². The number of aliphatic imine (C=N–C) groups is 1. The van der Waals surface area contributed by atoms with E-state index in [1.165, 1.54) is 17.8 Å². The molecule has 1 unspecified atom stereocenters. The van der Waals surface area contributed by atoms with E-state index in [0.29, 0.717) is 12.5 Å². The molecule has 1 atom stereocenters. The summed E-state index contributed by atoms with van der Waals surface area (Å²) in [5, 5.41) is 6.62. The predicted molar refractivity (Wildman–Crippen MR) is 108 cm³/mol. The van der Waals surface area contributed by atoms with Gasteiger partial charge in [-0.25, -0.2) is 4.39 Å². The minimum absolute atomic E-state index is 0.221. The Morgan fingerprint density at radius 1 is 1.22 bits per heavy atom. The van der Waals surface area contributed by atoms with Crippen molar-refractivity contribution in [1.29, 1.82) is 0 Å². The van der Waals surface area contributed by atoms with E-state index in [0.717, 1.165) is 43.3 Å². The van der Waals surface area contributed by atoms with Crippen molar-refractivity contribution in [3.05, 3.63) is 59.9 Å². The molecule has 2 N–H and O–H groups in total. The standard InChI is InChI=1S/C21H27FN4O/c1-23-21(24-13-16-5-3-6-18(22)11-16)25-14-17-9-10-26(15-17)19-7-4-8-20(12-19)27-2/h3-8,11-12,17H,9-10,13-15H2,1-2H3,(H2,23,24,25). The zero-order valence-corrected chi connectivity index (χ0v) is 15.9. The highest BCUT2D eigenvalue weighted by molar-refractivity contribution is 5.79. The molecule has 6 heteroatoms. The Morgan fingerprint density at radius 3 is 2.85 bits per heavy atom. The Bertz CT molecular complexity index is 780. The van der Waals surface area contributed by atoms with Gasteiger partial charge in [-0.05, 0) is 42.2 Å². The average molecular weight is 370 g/mol. The number of guanidine groups is 1. The zero-order chi connectivity index (χ0) is 19.1. The first kappa shape index (κ1) is 19.0. The molecule has 27 heavy (non-hydrogen) atoms. The fourth-order valence-corrected chi connectivity index (χ4v) is 3.34. The van der Waals surface area contributed by atoms with Gasteiger partial charge in [-0.3, -0.25) is 4.99 Å². The summed E-state index contributed by atoms with van der Waals surface area (Å²) >= 11 is 0. The van der Waals surface area contributed by atoms with E-state index in [9.17, 15) is 4.39 Å². The molecular formula is C21H27FN4O. The Morgan fingerprint density at radius 2 is 2.07 bits per heavy atom. The van der Waals surface area contributed by atoms with Crippen molar-refractivity contribution in [2.75, 3.05) is 38.7 Å². The number of halogens is 1. The summed E-state index contributed by atoms with van der Waals surface area (Å²) in [4.78, 5) is 6.64. The molecule has 2 aromatic carbocycles. The van der Waals surface area contributed by atoms with Crippen molar-refractivity contribution in [2.45, 2.75) is 13.0 Å². The van der Waals surface area contributed by atoms with Crippen LogP contribution in [-0.2, 0) is 6.54 Å². The van der Waals surface area contributed by atoms with Gasteiger partial charge < -0.3 is 20.3 Å². The molecule has 1 heterocycles. The summed E-state index contributed by atoms with van der Waals surface area (Å²) in [7, 11) is 3.44. The molecule has 0 spiro atoms. The maximum atomic E-state index is 13.3. The Hall–Kier alpha value is -2.76. The van der Waals surface area contributed by atoms with E-state index in [4.69, 9.17) is 4.74 Å². The van der Waals surface area contributed by atoms with Crippen molar-refractivity contribution >= 4 is 11.6 Å². The van der Waals surface area contributed by atoms with Crippen molar-refractivity contribution in [3.63, 3.8) is 0 Å². The van der Waals surface area contributed by atoms with E-state index in [1.807, 2.05) is 18.2 Å². The van der Waals surface area contributed by atoms with Gasteiger partial charge in [0.05, 0.1) is 7.11 Å². The zero-order valence-electron chi connectivity index (χ0n) is 15.9. The molecule has 0 bridgehead atoms. The molecule has 1 aliphatic rings. The summed E-state index contributed by atoms with van der Waals surface area (Å²) in [6, 6.07) is 14.8. The molecule has 0 aromatic heterocycles. The number of hydrogen-bond acceptors (Lipinski definition) is 3. The molecule has 1 saturated heterocycles. The first-order valence-electron chi connectivity index (χ1n) is 9.26. The van der Waals surface area contributed by atoms with Gasteiger partial charge in [0, 0.05) is 45.0 Å². The summed E-state index contributed by atoms with van der Waals surface area (Å²) in [5.41, 5.74) is 2.09. The highest BCUT2D eigenvalue weighted by atomic mass is 19.1. The Balaban J connectivity index is 1.46. The fourth-order valence-electron chi connectivity index (χ4n) is 3.34. The molecule has 0 saturated carbocycles. The SMILES string of the molecule is CN=C(NCc1cccc(F)c1)NCC1CCN(c2cccc(OC)c2)C1. The first-order chi connectivity index (χ1) is 13.2. The molecular weight excluding hydrogens is 343 g/mol. The van der Waals surface area contributed by atoms with Crippen LogP contribution >= 0.6 is 0 Å². The van der Waals surface area contributed by atoms with Gasteiger partial charge in [-0.1, -0.05) is 18.2 Å². The van der Waals surface area contributed by atoms with Crippen LogP contribution in [0.1, 0.15) is 12.0 Å². The minimum atomic E-state index is -0.221. The van der Waals surface area contributed by atoms with Crippen molar-refractivity contribution in [1.82, 2.24) is 10.6 Å². The van der Waals surface area contributed by atoms with Crippen LogP contribution in [0.15, 0.2) is 53.5 Å². The maximum absolute atomic E-state index is 13.3. The maximum Gasteiger partial charge on any atom is 0.191 e. The van der Waals surface area contributed by atoms with Gasteiger partial charge >= 0.3 is 0 Å². The number of hydrogen-bond donors (Lipinski definition) is 2. The van der Waals surface area contributed by atoms with Crippen LogP contribution in [-0.4, -0.2) is 39.8 Å². The highest BCUT2D eigenvalue weighted by Crippen LogP contribution is 2.26. The minimum Gasteiger partial charge on any atom is -0.497 e. The van der Waals surface area contributed by atoms with E-state index < -0.39 is 0 Å². The summed E-state index contributed by atoms with van der Waals surface area (Å²) in [6.45, 7) is 3.43. The Kier molecular flexibility index (Phi) is 6.52. The second-order valence-electron chi connectivity index (χ2n) is 6.74. The number of nitrogens with one attached hydrogen (secondary N) is 2. The third kappa shape index (κ3) is 5.36. The smallest absolute Gasteiger partial charge is 0.191 e. The lowest BCUT2D eigenvalue weighted by Crippen LogP contribution is -2.39. The molecule has 0 radical (unpaired) electrons. The van der Waals surface area contributed by atoms with Crippen LogP contribution < -0.4 is 20.3 Å². The van der Waals surface area contributed by atoms with Crippen molar-refractivity contribution in [3.8, 4) is 5.75 Å². The topological polar surface area (TPSA) is 48.9 Å². The van der Waals surface area contributed by atoms with E-state index >= 15 is 0 Å². The summed E-state index contributed by atoms with van der Waals surface area (Å²) in [5.74, 6) is 1.94. The van der Waals surface area contributed by atoms with Crippen LogP contribution in [0.3, 0.4) is 0 Å². The monoisotopic (exact) mass is 370 g/mol. The number of rotatable bonds is 6. The first-order valence-corrected chi connectivity index (χ1v) is 9.26. The molecule has 3 rings (SSSR count). The molecule has 0 amide bonds. The normalized spacial score (nSPS) is 17.1. The van der Waals surface area contributed by atoms with Crippen LogP contribution in [0.5, 0.6) is 5.75 Å². The number of methoxy groups -OCH3 is 1. The molecule has 2 aromatic rings. The van der Waals surface area contributed by atoms with Gasteiger partial charge in [-0.15, -0.1) is 0 Å². The molecule has 1 fully saturated rings. The lowest BCUT2D eigenvalue weighted by molar-refractivity contribution is 0.415. The average Bonchev–Trinajstić information content (AvgIpc) is 3.17. The van der Waals surface area contributed by atoms with Gasteiger partial charge in [0.15, 0.2) is 5.96 Å². The molecule has 144 valence electrons. The van der Waals surface area contributed by atoms with Gasteiger partial charge in [0.25, 0.3) is 0 Å². The summed E-state index contributed by atoms with van der Waals surface area (Å²) in [6.07, 6.45) is 1.13. The van der Waals surface area contributed by atoms with Crippen LogP contribution in [0.4, 0.5) is 10.1 Å².